The molecule has 2 rings (SSSR count). The second kappa shape index (κ2) is 7.04. The Morgan fingerprint density at radius 3 is 2.52 bits per heavy atom. The smallest absolute Gasteiger partial charge is 0.124 e. The van der Waals surface area contributed by atoms with Gasteiger partial charge in [0.1, 0.15) is 28.9 Å². The Morgan fingerprint density at radius 2 is 1.86 bits per heavy atom. The SMILES string of the molecule is CCOc1cccc(OCc2cc(F)cc(C(N)=S)c2)c1. The molecule has 0 aliphatic carbocycles. The molecule has 0 bridgehead atoms. The average Bonchev–Trinajstić information content (AvgIpc) is 2.45. The van der Waals surface area contributed by atoms with E-state index in [-0.39, 0.29) is 17.4 Å². The van der Waals surface area contributed by atoms with Crippen molar-refractivity contribution < 1.29 is 13.9 Å². The van der Waals surface area contributed by atoms with E-state index in [1.165, 1.54) is 12.1 Å². The molecular weight excluding hydrogens is 289 g/mol. The molecule has 0 radical (unpaired) electrons. The van der Waals surface area contributed by atoms with Crippen molar-refractivity contribution in [1.29, 1.82) is 0 Å². The normalized spacial score (nSPS) is 10.2. The van der Waals surface area contributed by atoms with Crippen LogP contribution in [0.4, 0.5) is 4.39 Å². The average molecular weight is 305 g/mol. The van der Waals surface area contributed by atoms with Crippen LogP contribution in [0.3, 0.4) is 0 Å². The summed E-state index contributed by atoms with van der Waals surface area (Å²) in [6.45, 7) is 2.73. The van der Waals surface area contributed by atoms with Gasteiger partial charge >= 0.3 is 0 Å². The zero-order valence-corrected chi connectivity index (χ0v) is 12.5. The minimum Gasteiger partial charge on any atom is -0.494 e. The predicted molar refractivity (Wildman–Crippen MR) is 84.2 cm³/mol. The molecule has 0 saturated carbocycles. The van der Waals surface area contributed by atoms with E-state index in [0.29, 0.717) is 23.5 Å². The molecular formula is C16H16FNO2S. The summed E-state index contributed by atoms with van der Waals surface area (Å²) in [7, 11) is 0. The van der Waals surface area contributed by atoms with Gasteiger partial charge in [-0.25, -0.2) is 4.39 Å². The molecule has 0 aliphatic rings. The second-order valence-electron chi connectivity index (χ2n) is 4.41. The Morgan fingerprint density at radius 1 is 1.14 bits per heavy atom. The van der Waals surface area contributed by atoms with Gasteiger partial charge < -0.3 is 15.2 Å². The number of benzene rings is 2. The van der Waals surface area contributed by atoms with Crippen LogP contribution in [0.15, 0.2) is 42.5 Å². The second-order valence-corrected chi connectivity index (χ2v) is 4.85. The van der Waals surface area contributed by atoms with Crippen molar-refractivity contribution in [3.8, 4) is 11.5 Å². The third kappa shape index (κ3) is 4.43. The fourth-order valence-electron chi connectivity index (χ4n) is 1.86. The van der Waals surface area contributed by atoms with E-state index in [0.717, 1.165) is 5.75 Å². The zero-order valence-electron chi connectivity index (χ0n) is 11.6. The summed E-state index contributed by atoms with van der Waals surface area (Å²) in [4.78, 5) is 0.161. The first kappa shape index (κ1) is 15.3. The van der Waals surface area contributed by atoms with Gasteiger partial charge in [-0.1, -0.05) is 18.3 Å². The van der Waals surface area contributed by atoms with Gasteiger partial charge in [0.25, 0.3) is 0 Å². The van der Waals surface area contributed by atoms with E-state index in [1.807, 2.05) is 25.1 Å². The van der Waals surface area contributed by atoms with Crippen LogP contribution in [0.25, 0.3) is 0 Å². The van der Waals surface area contributed by atoms with Gasteiger partial charge in [0.2, 0.25) is 0 Å². The Hall–Kier alpha value is -2.14. The third-order valence-electron chi connectivity index (χ3n) is 2.76. The first-order chi connectivity index (χ1) is 10.1. The van der Waals surface area contributed by atoms with E-state index in [9.17, 15) is 4.39 Å². The van der Waals surface area contributed by atoms with E-state index < -0.39 is 0 Å². The summed E-state index contributed by atoms with van der Waals surface area (Å²) in [5, 5.41) is 0. The Labute approximate surface area is 128 Å². The molecule has 0 fully saturated rings. The largest absolute Gasteiger partial charge is 0.494 e. The van der Waals surface area contributed by atoms with Crippen molar-refractivity contribution in [2.45, 2.75) is 13.5 Å². The minimum absolute atomic E-state index is 0.161. The van der Waals surface area contributed by atoms with Gasteiger partial charge in [0, 0.05) is 11.6 Å². The first-order valence-corrected chi connectivity index (χ1v) is 6.94. The maximum Gasteiger partial charge on any atom is 0.124 e. The monoisotopic (exact) mass is 305 g/mol. The van der Waals surface area contributed by atoms with Crippen LogP contribution in [0.2, 0.25) is 0 Å². The highest BCUT2D eigenvalue weighted by Gasteiger charge is 2.05. The van der Waals surface area contributed by atoms with Gasteiger partial charge in [-0.2, -0.15) is 0 Å². The molecule has 2 aromatic carbocycles. The molecule has 0 aliphatic heterocycles. The zero-order chi connectivity index (χ0) is 15.2. The van der Waals surface area contributed by atoms with Crippen molar-refractivity contribution in [2.24, 2.45) is 5.73 Å². The maximum atomic E-state index is 13.5. The number of halogens is 1. The summed E-state index contributed by atoms with van der Waals surface area (Å²) in [6, 6.07) is 11.7. The van der Waals surface area contributed by atoms with Crippen LogP contribution >= 0.6 is 12.2 Å². The number of rotatable bonds is 6. The molecule has 0 unspecified atom stereocenters. The van der Waals surface area contributed by atoms with Crippen molar-refractivity contribution in [1.82, 2.24) is 0 Å². The molecule has 5 heteroatoms. The van der Waals surface area contributed by atoms with Crippen molar-refractivity contribution in [3.05, 3.63) is 59.4 Å². The fraction of sp³-hybridized carbons (Fsp3) is 0.188. The lowest BCUT2D eigenvalue weighted by Gasteiger charge is -2.09. The van der Waals surface area contributed by atoms with Crippen LogP contribution in [-0.4, -0.2) is 11.6 Å². The summed E-state index contributed by atoms with van der Waals surface area (Å²) < 4.78 is 24.5. The molecule has 2 N–H and O–H groups in total. The highest BCUT2D eigenvalue weighted by molar-refractivity contribution is 7.80. The topological polar surface area (TPSA) is 44.5 Å². The quantitative estimate of drug-likeness (QED) is 0.830. The number of nitrogens with two attached hydrogens (primary N) is 1. The summed E-state index contributed by atoms with van der Waals surface area (Å²) in [6.07, 6.45) is 0. The van der Waals surface area contributed by atoms with Crippen LogP contribution in [-0.2, 0) is 6.61 Å². The summed E-state index contributed by atoms with van der Waals surface area (Å²) >= 11 is 4.86. The molecule has 2 aromatic rings. The van der Waals surface area contributed by atoms with Crippen molar-refractivity contribution in [2.75, 3.05) is 6.61 Å². The van der Waals surface area contributed by atoms with Crippen molar-refractivity contribution in [3.63, 3.8) is 0 Å². The highest BCUT2D eigenvalue weighted by atomic mass is 32.1. The molecule has 0 atom stereocenters. The van der Waals surface area contributed by atoms with Gasteiger partial charge in [0.05, 0.1) is 6.61 Å². The van der Waals surface area contributed by atoms with E-state index in [1.54, 1.807) is 12.1 Å². The highest BCUT2D eigenvalue weighted by Crippen LogP contribution is 2.21. The van der Waals surface area contributed by atoms with E-state index >= 15 is 0 Å². The first-order valence-electron chi connectivity index (χ1n) is 6.53. The van der Waals surface area contributed by atoms with Crippen LogP contribution in [0.1, 0.15) is 18.1 Å². The van der Waals surface area contributed by atoms with Crippen molar-refractivity contribution >= 4 is 17.2 Å². The Kier molecular flexibility index (Phi) is 5.11. The number of hydrogen-bond acceptors (Lipinski definition) is 3. The maximum absolute atomic E-state index is 13.5. The lowest BCUT2D eigenvalue weighted by molar-refractivity contribution is 0.299. The number of ether oxygens (including phenoxy) is 2. The summed E-state index contributed by atoms with van der Waals surface area (Å²) in [5.41, 5.74) is 6.68. The molecule has 21 heavy (non-hydrogen) atoms. The summed E-state index contributed by atoms with van der Waals surface area (Å²) in [5.74, 6) is 1.00. The van der Waals surface area contributed by atoms with Gasteiger partial charge in [-0.3, -0.25) is 0 Å². The number of thiocarbonyl (C=S) groups is 1. The van der Waals surface area contributed by atoms with Crippen LogP contribution in [0, 0.1) is 5.82 Å². The fourth-order valence-corrected chi connectivity index (χ4v) is 1.98. The molecule has 0 amide bonds. The van der Waals surface area contributed by atoms with Gasteiger partial charge in [-0.05, 0) is 42.8 Å². The third-order valence-corrected chi connectivity index (χ3v) is 3.00. The molecule has 0 aromatic heterocycles. The molecule has 110 valence electrons. The Bertz CT molecular complexity index is 646. The number of hydrogen-bond donors (Lipinski definition) is 1. The predicted octanol–water partition coefficient (Wildman–Crippen LogP) is 3.44. The Balaban J connectivity index is 2.09. The van der Waals surface area contributed by atoms with Gasteiger partial charge in [-0.15, -0.1) is 0 Å². The van der Waals surface area contributed by atoms with Crippen LogP contribution in [0.5, 0.6) is 11.5 Å². The van der Waals surface area contributed by atoms with Gasteiger partial charge in [0.15, 0.2) is 0 Å². The minimum atomic E-state index is -0.387. The van der Waals surface area contributed by atoms with E-state index in [4.69, 9.17) is 27.4 Å². The molecule has 0 heterocycles. The van der Waals surface area contributed by atoms with E-state index in [2.05, 4.69) is 0 Å². The molecule has 0 spiro atoms. The lowest BCUT2D eigenvalue weighted by Crippen LogP contribution is -2.10. The molecule has 3 nitrogen and oxygen atoms in total. The lowest BCUT2D eigenvalue weighted by atomic mass is 10.1. The molecule has 0 saturated heterocycles. The standard InChI is InChI=1S/C16H16FNO2S/c1-2-19-14-4-3-5-15(9-14)20-10-11-6-12(16(18)21)8-13(17)7-11/h3-9H,2,10H2,1H3,(H2,18,21). The van der Waals surface area contributed by atoms with Crippen LogP contribution < -0.4 is 15.2 Å².